The Morgan fingerprint density at radius 2 is 2.03 bits per heavy atom. The molecule has 1 atom stereocenters. The normalized spacial score (nSPS) is 12.6. The summed E-state index contributed by atoms with van der Waals surface area (Å²) in [5, 5.41) is 0.683. The van der Waals surface area contributed by atoms with E-state index in [1.807, 2.05) is 6.07 Å². The number of pyridine rings is 1. The summed E-state index contributed by atoms with van der Waals surface area (Å²) < 4.78 is 52.7. The number of sulfonamides is 1. The summed E-state index contributed by atoms with van der Waals surface area (Å²) >= 11 is 12.4. The summed E-state index contributed by atoms with van der Waals surface area (Å²) in [6, 6.07) is 9.48. The molecule has 2 aromatic heterocycles. The van der Waals surface area contributed by atoms with Crippen molar-refractivity contribution >= 4 is 55.7 Å². The maximum Gasteiger partial charge on any atom is 0.232 e. The van der Waals surface area contributed by atoms with Crippen LogP contribution in [-0.2, 0) is 10.0 Å². The predicted molar refractivity (Wildman–Crippen MR) is 137 cm³/mol. The monoisotopic (exact) mass is 537 g/mol. The van der Waals surface area contributed by atoms with Gasteiger partial charge in [-0.05, 0) is 43.2 Å². The number of ether oxygens (including phenoxy) is 1. The minimum Gasteiger partial charge on any atom is -0.478 e. The molecule has 7 nitrogen and oxygen atoms in total. The molecule has 0 aliphatic heterocycles. The number of furan rings is 1. The summed E-state index contributed by atoms with van der Waals surface area (Å²) in [5.74, 6) is -0.388. The number of rotatable bonds is 8. The van der Waals surface area contributed by atoms with E-state index >= 15 is 0 Å². The zero-order valence-electron chi connectivity index (χ0n) is 18.8. The van der Waals surface area contributed by atoms with Gasteiger partial charge < -0.3 is 14.9 Å². The molecule has 3 N–H and O–H groups in total. The molecular formula is C24H22Cl2FN3O4S. The molecule has 0 saturated heterocycles. The number of nitrogens with zero attached hydrogens (tertiary/aromatic N) is 1. The highest BCUT2D eigenvalue weighted by Crippen LogP contribution is 2.41. The highest BCUT2D eigenvalue weighted by Gasteiger charge is 2.23. The van der Waals surface area contributed by atoms with Gasteiger partial charge in [-0.25, -0.2) is 17.8 Å². The molecule has 0 radical (unpaired) electrons. The minimum atomic E-state index is -3.45. The first kappa shape index (κ1) is 25.1. The Morgan fingerprint density at radius 3 is 2.77 bits per heavy atom. The molecule has 0 amide bonds. The lowest BCUT2D eigenvalue weighted by molar-refractivity contribution is 0.227. The van der Waals surface area contributed by atoms with Gasteiger partial charge in [-0.15, -0.1) is 0 Å². The van der Waals surface area contributed by atoms with E-state index in [1.165, 1.54) is 24.6 Å². The molecular weight excluding hydrogens is 516 g/mol. The molecule has 184 valence electrons. The molecule has 0 bridgehead atoms. The largest absolute Gasteiger partial charge is 0.478 e. The Labute approximate surface area is 212 Å². The van der Waals surface area contributed by atoms with Crippen molar-refractivity contribution in [2.45, 2.75) is 26.4 Å². The second-order valence-electron chi connectivity index (χ2n) is 7.88. The van der Waals surface area contributed by atoms with Crippen molar-refractivity contribution in [3.8, 4) is 16.9 Å². The third kappa shape index (κ3) is 5.17. The number of anilines is 2. The lowest BCUT2D eigenvalue weighted by atomic mass is 10.1. The predicted octanol–water partition coefficient (Wildman–Crippen LogP) is 6.81. The number of nitrogens with two attached hydrogens (primary N) is 1. The number of fused-ring (bicyclic) bond motifs is 1. The third-order valence-electron chi connectivity index (χ3n) is 5.30. The number of nitrogen functional groups attached to an aromatic ring is 1. The summed E-state index contributed by atoms with van der Waals surface area (Å²) in [4.78, 5) is 4.22. The number of hydrogen-bond donors (Lipinski definition) is 2. The fourth-order valence-electron chi connectivity index (χ4n) is 3.72. The van der Waals surface area contributed by atoms with Crippen molar-refractivity contribution < 1.29 is 22.0 Å². The smallest absolute Gasteiger partial charge is 0.232 e. The van der Waals surface area contributed by atoms with Crippen LogP contribution < -0.4 is 15.2 Å². The first-order chi connectivity index (χ1) is 16.6. The van der Waals surface area contributed by atoms with Crippen LogP contribution in [0, 0.1) is 5.82 Å². The Kier molecular flexibility index (Phi) is 7.12. The highest BCUT2D eigenvalue weighted by molar-refractivity contribution is 7.92. The fraction of sp³-hybridized carbons (Fsp3) is 0.208. The van der Waals surface area contributed by atoms with Gasteiger partial charge in [0.1, 0.15) is 11.9 Å². The molecule has 35 heavy (non-hydrogen) atoms. The second kappa shape index (κ2) is 9.93. The maximum absolute atomic E-state index is 14.0. The SMILES string of the molecule is CCCS(=O)(=O)Nc1cccc(-c2coc3c(O[C@H](C)c4c(Cl)ccc(F)c4Cl)c(N)ncc23)c1. The van der Waals surface area contributed by atoms with Gasteiger partial charge >= 0.3 is 0 Å². The molecule has 0 saturated carbocycles. The molecule has 0 aliphatic carbocycles. The van der Waals surface area contributed by atoms with E-state index < -0.39 is 21.9 Å². The first-order valence-electron chi connectivity index (χ1n) is 10.7. The average Bonchev–Trinajstić information content (AvgIpc) is 3.23. The van der Waals surface area contributed by atoms with Gasteiger partial charge in [-0.2, -0.15) is 0 Å². The van der Waals surface area contributed by atoms with Crippen LogP contribution >= 0.6 is 23.2 Å². The molecule has 2 aromatic carbocycles. The highest BCUT2D eigenvalue weighted by atomic mass is 35.5. The standard InChI is InChI=1S/C24H22Cl2FN3O4S/c1-3-9-35(31,32)30-15-6-4-5-14(10-15)17-12-33-22-16(17)11-29-24(28)23(22)34-13(2)20-18(25)7-8-19(27)21(20)26/h4-8,10-13,30H,3,9H2,1-2H3,(H2,28,29)/t13-/m1/s1. The Morgan fingerprint density at radius 1 is 1.26 bits per heavy atom. The van der Waals surface area contributed by atoms with Gasteiger partial charge in [0.2, 0.25) is 15.8 Å². The number of aromatic nitrogens is 1. The van der Waals surface area contributed by atoms with E-state index in [0.717, 1.165) is 0 Å². The van der Waals surface area contributed by atoms with E-state index in [-0.39, 0.29) is 32.9 Å². The van der Waals surface area contributed by atoms with Crippen LogP contribution in [-0.4, -0.2) is 19.2 Å². The van der Waals surface area contributed by atoms with Gasteiger partial charge in [-0.1, -0.05) is 42.3 Å². The summed E-state index contributed by atoms with van der Waals surface area (Å²) in [6.45, 7) is 3.45. The quantitative estimate of drug-likeness (QED) is 0.239. The molecule has 4 rings (SSSR count). The minimum absolute atomic E-state index is 0.0211. The number of nitrogens with one attached hydrogen (secondary N) is 1. The summed E-state index contributed by atoms with van der Waals surface area (Å²) in [5.41, 5.74) is 8.44. The van der Waals surface area contributed by atoms with E-state index in [1.54, 1.807) is 32.0 Å². The second-order valence-corrected chi connectivity index (χ2v) is 10.5. The number of halogens is 3. The third-order valence-corrected chi connectivity index (χ3v) is 7.51. The molecule has 2 heterocycles. The maximum atomic E-state index is 14.0. The van der Waals surface area contributed by atoms with Gasteiger partial charge in [0.15, 0.2) is 11.4 Å². The zero-order valence-corrected chi connectivity index (χ0v) is 21.1. The molecule has 0 unspecified atom stereocenters. The van der Waals surface area contributed by atoms with Crippen LogP contribution in [0.5, 0.6) is 5.75 Å². The number of benzene rings is 2. The van der Waals surface area contributed by atoms with Gasteiger partial charge in [-0.3, -0.25) is 4.72 Å². The van der Waals surface area contributed by atoms with Crippen molar-refractivity contribution in [1.82, 2.24) is 4.98 Å². The topological polar surface area (TPSA) is 107 Å². The zero-order chi connectivity index (χ0) is 25.3. The van der Waals surface area contributed by atoms with Gasteiger partial charge in [0.05, 0.1) is 22.4 Å². The Hall–Kier alpha value is -3.01. The van der Waals surface area contributed by atoms with Crippen LogP contribution in [0.4, 0.5) is 15.9 Å². The number of hydrogen-bond acceptors (Lipinski definition) is 6. The Balaban J connectivity index is 1.72. The van der Waals surface area contributed by atoms with Crippen LogP contribution in [0.15, 0.2) is 53.3 Å². The van der Waals surface area contributed by atoms with E-state index in [0.29, 0.717) is 34.2 Å². The van der Waals surface area contributed by atoms with Crippen molar-refractivity contribution in [2.75, 3.05) is 16.2 Å². The molecule has 0 spiro atoms. The lowest BCUT2D eigenvalue weighted by Crippen LogP contribution is -2.15. The van der Waals surface area contributed by atoms with Crippen LogP contribution in [0.3, 0.4) is 0 Å². The van der Waals surface area contributed by atoms with E-state index in [9.17, 15) is 12.8 Å². The lowest BCUT2D eigenvalue weighted by Gasteiger charge is -2.18. The van der Waals surface area contributed by atoms with Gasteiger partial charge in [0.25, 0.3) is 0 Å². The van der Waals surface area contributed by atoms with Crippen LogP contribution in [0.2, 0.25) is 10.0 Å². The summed E-state index contributed by atoms with van der Waals surface area (Å²) in [6.07, 6.45) is 2.77. The van der Waals surface area contributed by atoms with E-state index in [2.05, 4.69) is 9.71 Å². The van der Waals surface area contributed by atoms with Crippen LogP contribution in [0.1, 0.15) is 31.9 Å². The van der Waals surface area contributed by atoms with Crippen molar-refractivity contribution in [3.05, 3.63) is 70.3 Å². The fourth-order valence-corrected chi connectivity index (χ4v) is 5.52. The van der Waals surface area contributed by atoms with Crippen molar-refractivity contribution in [1.29, 1.82) is 0 Å². The Bertz CT molecular complexity index is 1510. The molecule has 0 fully saturated rings. The molecule has 4 aromatic rings. The molecule has 0 aliphatic rings. The van der Waals surface area contributed by atoms with Gasteiger partial charge in [0, 0.05) is 28.0 Å². The first-order valence-corrected chi connectivity index (χ1v) is 13.1. The van der Waals surface area contributed by atoms with E-state index in [4.69, 9.17) is 38.1 Å². The average molecular weight is 538 g/mol. The van der Waals surface area contributed by atoms with Crippen molar-refractivity contribution in [3.63, 3.8) is 0 Å². The molecule has 11 heteroatoms. The van der Waals surface area contributed by atoms with Crippen LogP contribution in [0.25, 0.3) is 22.1 Å². The summed E-state index contributed by atoms with van der Waals surface area (Å²) in [7, 11) is -3.45. The van der Waals surface area contributed by atoms with Crippen molar-refractivity contribution in [2.24, 2.45) is 0 Å².